The zero-order valence-electron chi connectivity index (χ0n) is 10.6. The summed E-state index contributed by atoms with van der Waals surface area (Å²) in [5, 5.41) is 0. The van der Waals surface area contributed by atoms with Gasteiger partial charge in [0.05, 0.1) is 26.2 Å². The largest absolute Gasteiger partial charge is 0.324 e. The third kappa shape index (κ3) is 5.64. The number of hydrogen-bond acceptors (Lipinski definition) is 0. The Hall–Kier alpha value is -0.0400. The molecular weight excluding hydrogens is 170 g/mol. The second-order valence-corrected chi connectivity index (χ2v) is 4.24. The molecule has 0 aliphatic carbocycles. The van der Waals surface area contributed by atoms with E-state index in [-0.39, 0.29) is 7.43 Å². The summed E-state index contributed by atoms with van der Waals surface area (Å²) in [6.45, 7) is 14.8. The quantitative estimate of drug-likeness (QED) is 0.523. The van der Waals surface area contributed by atoms with Crippen LogP contribution in [-0.4, -0.2) is 30.7 Å². The van der Waals surface area contributed by atoms with Gasteiger partial charge in [-0.3, -0.25) is 0 Å². The van der Waals surface area contributed by atoms with Gasteiger partial charge in [-0.15, -0.1) is 0 Å². The molecule has 0 aromatic carbocycles. The van der Waals surface area contributed by atoms with E-state index in [9.17, 15) is 0 Å². The van der Waals surface area contributed by atoms with Crippen molar-refractivity contribution in [3.05, 3.63) is 7.43 Å². The van der Waals surface area contributed by atoms with Gasteiger partial charge in [-0.25, -0.2) is 0 Å². The molecule has 4 radical (unpaired) electrons. The standard InChI is InChI=1S/C12H28N.C/c1-5-9-13(10-6-2,11-7-3)12-8-4;/h5-12H2,1-4H3;/q+1;. The van der Waals surface area contributed by atoms with Gasteiger partial charge in [0.15, 0.2) is 0 Å². The first-order chi connectivity index (χ1) is 6.24. The van der Waals surface area contributed by atoms with E-state index in [0.717, 1.165) is 0 Å². The maximum atomic E-state index is 2.31. The Morgan fingerprint density at radius 1 is 0.571 bits per heavy atom. The van der Waals surface area contributed by atoms with E-state index in [1.54, 1.807) is 0 Å². The third-order valence-corrected chi connectivity index (χ3v) is 2.79. The van der Waals surface area contributed by atoms with Crippen LogP contribution in [0.1, 0.15) is 53.4 Å². The second kappa shape index (κ2) is 9.51. The summed E-state index contributed by atoms with van der Waals surface area (Å²) in [5.41, 5.74) is 0. The minimum atomic E-state index is 0. The lowest BCUT2D eigenvalue weighted by molar-refractivity contribution is -0.928. The van der Waals surface area contributed by atoms with E-state index in [1.165, 1.54) is 56.3 Å². The lowest BCUT2D eigenvalue weighted by Gasteiger charge is -2.38. The molecule has 0 aliphatic heterocycles. The number of quaternary nitrogens is 1. The van der Waals surface area contributed by atoms with E-state index in [4.69, 9.17) is 0 Å². The minimum Gasteiger partial charge on any atom is -0.324 e. The van der Waals surface area contributed by atoms with Gasteiger partial charge in [0.25, 0.3) is 0 Å². The van der Waals surface area contributed by atoms with E-state index in [0.29, 0.717) is 0 Å². The SMILES string of the molecule is CCC[N+](CCC)(CCC)CCC.[C]. The normalized spacial score (nSPS) is 11.1. The molecule has 0 aromatic heterocycles. The molecule has 0 spiro atoms. The fraction of sp³-hybridized carbons (Fsp3) is 0.923. The molecule has 0 heterocycles. The second-order valence-electron chi connectivity index (χ2n) is 4.24. The highest BCUT2D eigenvalue weighted by atomic mass is 15.3. The lowest BCUT2D eigenvalue weighted by atomic mass is 10.2. The van der Waals surface area contributed by atoms with Crippen LogP contribution in [0.15, 0.2) is 0 Å². The zero-order chi connectivity index (χ0) is 10.2. The van der Waals surface area contributed by atoms with Crippen LogP contribution in [0, 0.1) is 7.43 Å². The van der Waals surface area contributed by atoms with Crippen molar-refractivity contribution in [2.24, 2.45) is 0 Å². The van der Waals surface area contributed by atoms with Crippen LogP contribution in [-0.2, 0) is 0 Å². The molecule has 1 heteroatoms. The molecule has 0 fully saturated rings. The lowest BCUT2D eigenvalue weighted by Crippen LogP contribution is -2.50. The van der Waals surface area contributed by atoms with Gasteiger partial charge >= 0.3 is 0 Å². The van der Waals surface area contributed by atoms with Gasteiger partial charge in [-0.1, -0.05) is 27.7 Å². The fourth-order valence-electron chi connectivity index (χ4n) is 2.57. The van der Waals surface area contributed by atoms with Gasteiger partial charge in [0, 0.05) is 7.43 Å². The van der Waals surface area contributed by atoms with Crippen LogP contribution in [0.2, 0.25) is 0 Å². The monoisotopic (exact) mass is 198 g/mol. The molecule has 0 atom stereocenters. The average Bonchev–Trinajstić information content (AvgIpc) is 2.06. The molecule has 84 valence electrons. The smallest absolute Gasteiger partial charge is 0.0783 e. The highest BCUT2D eigenvalue weighted by Gasteiger charge is 2.22. The van der Waals surface area contributed by atoms with Crippen molar-refractivity contribution in [2.75, 3.05) is 26.2 Å². The van der Waals surface area contributed by atoms with Crippen LogP contribution in [0.3, 0.4) is 0 Å². The van der Waals surface area contributed by atoms with Gasteiger partial charge < -0.3 is 4.48 Å². The minimum absolute atomic E-state index is 0. The molecular formula is C13H28N+. The Morgan fingerprint density at radius 2 is 0.786 bits per heavy atom. The molecule has 0 saturated carbocycles. The first-order valence-electron chi connectivity index (χ1n) is 6.09. The van der Waals surface area contributed by atoms with Gasteiger partial charge in [-0.05, 0) is 25.7 Å². The predicted octanol–water partition coefficient (Wildman–Crippen LogP) is 3.52. The van der Waals surface area contributed by atoms with Crippen LogP contribution in [0.5, 0.6) is 0 Å². The van der Waals surface area contributed by atoms with Crippen LogP contribution in [0.25, 0.3) is 0 Å². The van der Waals surface area contributed by atoms with Crippen molar-refractivity contribution in [2.45, 2.75) is 53.4 Å². The maximum absolute atomic E-state index is 2.31. The highest BCUT2D eigenvalue weighted by Crippen LogP contribution is 2.12. The Kier molecular flexibility index (Phi) is 11.1. The summed E-state index contributed by atoms with van der Waals surface area (Å²) in [7, 11) is 0. The van der Waals surface area contributed by atoms with Crippen molar-refractivity contribution in [3.63, 3.8) is 0 Å². The summed E-state index contributed by atoms with van der Waals surface area (Å²) in [5.74, 6) is 0. The molecule has 0 N–H and O–H groups in total. The fourth-order valence-corrected chi connectivity index (χ4v) is 2.57. The van der Waals surface area contributed by atoms with Crippen molar-refractivity contribution < 1.29 is 4.48 Å². The first-order valence-corrected chi connectivity index (χ1v) is 6.09. The molecule has 0 unspecified atom stereocenters. The highest BCUT2D eigenvalue weighted by molar-refractivity contribution is 4.43. The molecule has 0 amide bonds. The summed E-state index contributed by atoms with van der Waals surface area (Å²) in [6, 6.07) is 0. The summed E-state index contributed by atoms with van der Waals surface area (Å²) < 4.78 is 1.38. The van der Waals surface area contributed by atoms with Crippen molar-refractivity contribution in [1.29, 1.82) is 0 Å². The molecule has 0 rings (SSSR count). The topological polar surface area (TPSA) is 0 Å². The average molecular weight is 198 g/mol. The third-order valence-electron chi connectivity index (χ3n) is 2.79. The van der Waals surface area contributed by atoms with Crippen molar-refractivity contribution >= 4 is 0 Å². The molecule has 14 heavy (non-hydrogen) atoms. The van der Waals surface area contributed by atoms with Crippen LogP contribution in [0.4, 0.5) is 0 Å². The predicted molar refractivity (Wildman–Crippen MR) is 64.1 cm³/mol. The first kappa shape index (κ1) is 16.4. The van der Waals surface area contributed by atoms with E-state index < -0.39 is 0 Å². The van der Waals surface area contributed by atoms with Crippen molar-refractivity contribution in [3.8, 4) is 0 Å². The van der Waals surface area contributed by atoms with Gasteiger partial charge in [0.2, 0.25) is 0 Å². The molecule has 0 saturated heterocycles. The summed E-state index contributed by atoms with van der Waals surface area (Å²) in [6.07, 6.45) is 5.33. The van der Waals surface area contributed by atoms with Crippen molar-refractivity contribution in [1.82, 2.24) is 0 Å². The Balaban J connectivity index is 0. The van der Waals surface area contributed by atoms with E-state index in [2.05, 4.69) is 27.7 Å². The Labute approximate surface area is 92.1 Å². The van der Waals surface area contributed by atoms with Crippen LogP contribution < -0.4 is 0 Å². The summed E-state index contributed by atoms with van der Waals surface area (Å²) in [4.78, 5) is 0. The molecule has 1 nitrogen and oxygen atoms in total. The number of rotatable bonds is 8. The van der Waals surface area contributed by atoms with E-state index >= 15 is 0 Å². The Bertz CT molecular complexity index is 80.3. The van der Waals surface area contributed by atoms with E-state index in [1.807, 2.05) is 0 Å². The zero-order valence-corrected chi connectivity index (χ0v) is 10.6. The molecule has 0 aliphatic rings. The number of hydrogen-bond donors (Lipinski definition) is 0. The van der Waals surface area contributed by atoms with Crippen LogP contribution >= 0.6 is 0 Å². The van der Waals surface area contributed by atoms with Gasteiger partial charge in [0.1, 0.15) is 0 Å². The molecule has 0 bridgehead atoms. The Morgan fingerprint density at radius 3 is 0.929 bits per heavy atom. The number of nitrogens with zero attached hydrogens (tertiary/aromatic N) is 1. The summed E-state index contributed by atoms with van der Waals surface area (Å²) >= 11 is 0. The maximum Gasteiger partial charge on any atom is 0.0783 e. The molecule has 0 aromatic rings. The van der Waals surface area contributed by atoms with Gasteiger partial charge in [-0.2, -0.15) is 0 Å².